The zero-order chi connectivity index (χ0) is 12.5. The first-order chi connectivity index (χ1) is 7.96. The zero-order valence-electron chi connectivity index (χ0n) is 11.5. The van der Waals surface area contributed by atoms with E-state index in [1.807, 2.05) is 0 Å². The van der Waals surface area contributed by atoms with Gasteiger partial charge in [-0.25, -0.2) is 0 Å². The Hall–Kier alpha value is -0.570. The van der Waals surface area contributed by atoms with Gasteiger partial charge in [-0.2, -0.15) is 0 Å². The van der Waals surface area contributed by atoms with Gasteiger partial charge in [0.05, 0.1) is 6.04 Å². The summed E-state index contributed by atoms with van der Waals surface area (Å²) in [6.07, 6.45) is 5.79. The van der Waals surface area contributed by atoms with E-state index in [4.69, 9.17) is 0 Å². The van der Waals surface area contributed by atoms with Crippen LogP contribution >= 0.6 is 0 Å². The number of carbonyl (C=O) groups excluding carboxylic acids is 1. The van der Waals surface area contributed by atoms with Gasteiger partial charge in [-0.3, -0.25) is 4.79 Å². The summed E-state index contributed by atoms with van der Waals surface area (Å²) in [6.45, 7) is 8.59. The molecule has 2 fully saturated rings. The molecule has 3 nitrogen and oxygen atoms in total. The highest BCUT2D eigenvalue weighted by atomic mass is 16.2. The third-order valence-corrected chi connectivity index (χ3v) is 3.68. The van der Waals surface area contributed by atoms with E-state index in [1.54, 1.807) is 0 Å². The Kier molecular flexibility index (Phi) is 3.76. The average molecular weight is 238 g/mol. The van der Waals surface area contributed by atoms with Gasteiger partial charge in [-0.05, 0) is 37.5 Å². The summed E-state index contributed by atoms with van der Waals surface area (Å²) in [6, 6.07) is 0.739. The highest BCUT2D eigenvalue weighted by Gasteiger charge is 2.33. The van der Waals surface area contributed by atoms with Gasteiger partial charge in [0.2, 0.25) is 5.91 Å². The molecular weight excluding hydrogens is 212 g/mol. The molecule has 1 aliphatic carbocycles. The Balaban J connectivity index is 1.82. The molecule has 0 bridgehead atoms. The average Bonchev–Trinajstić information content (AvgIpc) is 3.02. The largest absolute Gasteiger partial charge is 0.341 e. The molecule has 0 aromatic rings. The van der Waals surface area contributed by atoms with Crippen molar-refractivity contribution in [3.63, 3.8) is 0 Å². The van der Waals surface area contributed by atoms with E-state index in [-0.39, 0.29) is 6.04 Å². The Labute approximate surface area is 105 Å². The van der Waals surface area contributed by atoms with Crippen molar-refractivity contribution in [3.8, 4) is 0 Å². The summed E-state index contributed by atoms with van der Waals surface area (Å²) in [7, 11) is 0. The van der Waals surface area contributed by atoms with Crippen LogP contribution in [0.1, 0.15) is 52.9 Å². The normalized spacial score (nSPS) is 26.4. The number of piperidine rings is 1. The molecule has 98 valence electrons. The first-order valence-electron chi connectivity index (χ1n) is 7.00. The topological polar surface area (TPSA) is 32.3 Å². The van der Waals surface area contributed by atoms with Gasteiger partial charge in [0.25, 0.3) is 0 Å². The van der Waals surface area contributed by atoms with Crippen LogP contribution in [0.2, 0.25) is 0 Å². The van der Waals surface area contributed by atoms with Crippen molar-refractivity contribution in [2.24, 2.45) is 5.41 Å². The monoisotopic (exact) mass is 238 g/mol. The van der Waals surface area contributed by atoms with Crippen LogP contribution in [0.3, 0.4) is 0 Å². The summed E-state index contributed by atoms with van der Waals surface area (Å²) in [5.41, 5.74) is 0.317. The van der Waals surface area contributed by atoms with Gasteiger partial charge in [-0.1, -0.05) is 20.8 Å². The highest BCUT2D eigenvalue weighted by Crippen LogP contribution is 2.24. The molecular formula is C14H26N2O. The van der Waals surface area contributed by atoms with Gasteiger partial charge in [-0.15, -0.1) is 0 Å². The number of carbonyl (C=O) groups is 1. The number of hydrogen-bond acceptors (Lipinski definition) is 2. The molecule has 1 atom stereocenters. The maximum atomic E-state index is 12.3. The highest BCUT2D eigenvalue weighted by molar-refractivity contribution is 5.82. The second-order valence-corrected chi connectivity index (χ2v) is 6.77. The fraction of sp³-hybridized carbons (Fsp3) is 0.929. The first kappa shape index (κ1) is 12.9. The number of nitrogens with zero attached hydrogens (tertiary/aromatic N) is 1. The first-order valence-corrected chi connectivity index (χ1v) is 7.00. The van der Waals surface area contributed by atoms with Gasteiger partial charge in [0.15, 0.2) is 0 Å². The molecule has 1 heterocycles. The van der Waals surface area contributed by atoms with Crippen molar-refractivity contribution in [1.82, 2.24) is 10.2 Å². The molecule has 0 aromatic carbocycles. The smallest absolute Gasteiger partial charge is 0.239 e. The van der Waals surface area contributed by atoms with Crippen LogP contribution in [0, 0.1) is 5.41 Å². The molecule has 1 amide bonds. The second-order valence-electron chi connectivity index (χ2n) is 6.77. The molecule has 0 spiro atoms. The van der Waals surface area contributed by atoms with Crippen LogP contribution in [-0.4, -0.2) is 36.0 Å². The maximum absolute atomic E-state index is 12.3. The summed E-state index contributed by atoms with van der Waals surface area (Å²) >= 11 is 0. The molecule has 1 unspecified atom stereocenters. The van der Waals surface area contributed by atoms with Crippen molar-refractivity contribution < 1.29 is 4.79 Å². The molecule has 1 aliphatic heterocycles. The van der Waals surface area contributed by atoms with Crippen molar-refractivity contribution >= 4 is 5.91 Å². The number of likely N-dealkylation sites (tertiary alicyclic amines) is 1. The Morgan fingerprint density at radius 1 is 1.29 bits per heavy atom. The van der Waals surface area contributed by atoms with Crippen LogP contribution in [0.25, 0.3) is 0 Å². The second kappa shape index (κ2) is 4.97. The lowest BCUT2D eigenvalue weighted by Crippen LogP contribution is -2.51. The fourth-order valence-electron chi connectivity index (χ4n) is 2.32. The number of rotatable bonds is 4. The Morgan fingerprint density at radius 3 is 2.59 bits per heavy atom. The van der Waals surface area contributed by atoms with Crippen molar-refractivity contribution in [2.75, 3.05) is 13.1 Å². The van der Waals surface area contributed by atoms with E-state index >= 15 is 0 Å². The lowest BCUT2D eigenvalue weighted by Gasteiger charge is -2.34. The van der Waals surface area contributed by atoms with Crippen LogP contribution in [0.5, 0.6) is 0 Å². The van der Waals surface area contributed by atoms with Crippen LogP contribution < -0.4 is 5.32 Å². The number of nitrogens with one attached hydrogen (secondary N) is 1. The minimum Gasteiger partial charge on any atom is -0.341 e. The fourth-order valence-corrected chi connectivity index (χ4v) is 2.32. The molecule has 0 radical (unpaired) electrons. The molecule has 2 aliphatic rings. The van der Waals surface area contributed by atoms with Crippen molar-refractivity contribution in [1.29, 1.82) is 0 Å². The third-order valence-electron chi connectivity index (χ3n) is 3.68. The molecule has 2 rings (SSSR count). The zero-order valence-corrected chi connectivity index (χ0v) is 11.5. The van der Waals surface area contributed by atoms with Gasteiger partial charge in [0, 0.05) is 19.1 Å². The molecule has 1 N–H and O–H groups in total. The van der Waals surface area contributed by atoms with Gasteiger partial charge < -0.3 is 10.2 Å². The van der Waals surface area contributed by atoms with Crippen LogP contribution in [0.15, 0.2) is 0 Å². The minimum absolute atomic E-state index is 0.108. The predicted molar refractivity (Wildman–Crippen MR) is 69.8 cm³/mol. The van der Waals surface area contributed by atoms with Gasteiger partial charge >= 0.3 is 0 Å². The summed E-state index contributed by atoms with van der Waals surface area (Å²) in [5, 5.41) is 3.48. The lowest BCUT2D eigenvalue weighted by atomic mass is 9.91. The van der Waals surface area contributed by atoms with E-state index in [0.717, 1.165) is 32.4 Å². The Morgan fingerprint density at radius 2 is 2.00 bits per heavy atom. The SMILES string of the molecule is CC(C)(C)CCN1CCCC(NC2CC2)C1=O. The van der Waals surface area contributed by atoms with Gasteiger partial charge in [0.1, 0.15) is 0 Å². The summed E-state index contributed by atoms with van der Waals surface area (Å²) in [5.74, 6) is 0.340. The molecule has 1 saturated heterocycles. The molecule has 17 heavy (non-hydrogen) atoms. The molecule has 0 aromatic heterocycles. The van der Waals surface area contributed by atoms with E-state index < -0.39 is 0 Å². The predicted octanol–water partition coefficient (Wildman–Crippen LogP) is 2.17. The summed E-state index contributed by atoms with van der Waals surface area (Å²) in [4.78, 5) is 14.3. The quantitative estimate of drug-likeness (QED) is 0.814. The number of amides is 1. The van der Waals surface area contributed by atoms with Crippen molar-refractivity contribution in [2.45, 2.75) is 65.0 Å². The molecule has 1 saturated carbocycles. The maximum Gasteiger partial charge on any atom is 0.239 e. The van der Waals surface area contributed by atoms with E-state index in [1.165, 1.54) is 12.8 Å². The standard InChI is InChI=1S/C14H26N2O/c1-14(2,3)8-10-16-9-4-5-12(13(16)17)15-11-6-7-11/h11-12,15H,4-10H2,1-3H3. The van der Waals surface area contributed by atoms with Crippen LogP contribution in [-0.2, 0) is 4.79 Å². The van der Waals surface area contributed by atoms with E-state index in [9.17, 15) is 4.79 Å². The third kappa shape index (κ3) is 3.98. The molecule has 3 heteroatoms. The van der Waals surface area contributed by atoms with Crippen molar-refractivity contribution in [3.05, 3.63) is 0 Å². The van der Waals surface area contributed by atoms with E-state index in [0.29, 0.717) is 17.4 Å². The summed E-state index contributed by atoms with van der Waals surface area (Å²) < 4.78 is 0. The minimum atomic E-state index is 0.108. The van der Waals surface area contributed by atoms with E-state index in [2.05, 4.69) is 31.0 Å². The lowest BCUT2D eigenvalue weighted by molar-refractivity contribution is -0.136. The number of hydrogen-bond donors (Lipinski definition) is 1. The Bertz CT molecular complexity index is 278. The van der Waals surface area contributed by atoms with Crippen LogP contribution in [0.4, 0.5) is 0 Å².